The zero-order valence-corrected chi connectivity index (χ0v) is 6.04. The maximum Gasteiger partial charge on any atom is 0.208 e. The van der Waals surface area contributed by atoms with E-state index in [2.05, 4.69) is 11.6 Å². The van der Waals surface area contributed by atoms with Gasteiger partial charge in [0, 0.05) is 7.11 Å². The van der Waals surface area contributed by atoms with Crippen LogP contribution >= 0.6 is 0 Å². The van der Waals surface area contributed by atoms with Crippen molar-refractivity contribution in [1.29, 1.82) is 0 Å². The molecule has 0 fully saturated rings. The molecule has 0 N–H and O–H groups in total. The summed E-state index contributed by atoms with van der Waals surface area (Å²) < 4.78 is 10.1. The molecule has 0 aromatic carbocycles. The molecule has 10 heavy (non-hydrogen) atoms. The molecule has 0 spiro atoms. The lowest BCUT2D eigenvalue weighted by Crippen LogP contribution is -2.18. The second-order valence-corrected chi connectivity index (χ2v) is 2.08. The molecule has 0 radical (unpaired) electrons. The molecule has 0 saturated carbocycles. The lowest BCUT2D eigenvalue weighted by atomic mass is 10.4. The van der Waals surface area contributed by atoms with E-state index in [1.54, 1.807) is 13.2 Å². The van der Waals surface area contributed by atoms with Crippen molar-refractivity contribution in [2.75, 3.05) is 20.3 Å². The molecule has 0 aromatic rings. The topological polar surface area (TPSA) is 30.8 Å². The number of rotatable bonds is 3. The minimum absolute atomic E-state index is 0.0954. The highest BCUT2D eigenvalue weighted by atomic mass is 16.5. The highest BCUT2D eigenvalue weighted by molar-refractivity contribution is 5.88. The molecule has 0 bridgehead atoms. The van der Waals surface area contributed by atoms with Crippen LogP contribution < -0.4 is 0 Å². The Balaban J connectivity index is 2.29. The van der Waals surface area contributed by atoms with Gasteiger partial charge in [0.15, 0.2) is 0 Å². The van der Waals surface area contributed by atoms with Crippen LogP contribution in [0.4, 0.5) is 0 Å². The molecule has 1 rings (SSSR count). The molecule has 0 aromatic heterocycles. The number of hydrogen-bond acceptors (Lipinski definition) is 3. The zero-order chi connectivity index (χ0) is 7.40. The Kier molecular flexibility index (Phi) is 2.45. The smallest absolute Gasteiger partial charge is 0.208 e. The molecule has 0 amide bonds. The van der Waals surface area contributed by atoms with E-state index in [0.717, 1.165) is 0 Å². The van der Waals surface area contributed by atoms with Crippen molar-refractivity contribution in [2.24, 2.45) is 4.99 Å². The van der Waals surface area contributed by atoms with Crippen LogP contribution in [0.25, 0.3) is 0 Å². The van der Waals surface area contributed by atoms with E-state index in [1.807, 2.05) is 0 Å². The van der Waals surface area contributed by atoms with Gasteiger partial charge < -0.3 is 9.47 Å². The Hall–Kier alpha value is -0.830. The Labute approximate surface area is 60.4 Å². The van der Waals surface area contributed by atoms with Gasteiger partial charge in [-0.15, -0.1) is 0 Å². The predicted molar refractivity (Wildman–Crippen MR) is 39.2 cm³/mol. The van der Waals surface area contributed by atoms with E-state index in [1.165, 1.54) is 0 Å². The summed E-state index contributed by atoms with van der Waals surface area (Å²) in [6.07, 6.45) is 1.70. The molecule has 0 saturated heterocycles. The van der Waals surface area contributed by atoms with E-state index in [-0.39, 0.29) is 6.10 Å². The van der Waals surface area contributed by atoms with E-state index in [9.17, 15) is 0 Å². The maximum atomic E-state index is 5.26. The van der Waals surface area contributed by atoms with Crippen molar-refractivity contribution >= 4 is 5.90 Å². The van der Waals surface area contributed by atoms with Crippen LogP contribution in [0.1, 0.15) is 0 Å². The van der Waals surface area contributed by atoms with E-state index in [4.69, 9.17) is 9.47 Å². The van der Waals surface area contributed by atoms with Gasteiger partial charge >= 0.3 is 0 Å². The van der Waals surface area contributed by atoms with Crippen LogP contribution in [0, 0.1) is 0 Å². The number of nitrogens with zero attached hydrogens (tertiary/aromatic N) is 1. The molecule has 56 valence electrons. The molecule has 3 nitrogen and oxygen atoms in total. The van der Waals surface area contributed by atoms with E-state index in [0.29, 0.717) is 19.0 Å². The molecule has 1 atom stereocenters. The number of methoxy groups -OCH3 is 1. The number of aliphatic imine (C=N–C) groups is 1. The first kappa shape index (κ1) is 7.28. The Morgan fingerprint density at radius 2 is 2.80 bits per heavy atom. The SMILES string of the molecule is C=CC1=NCC(COC)O1. The third-order valence-corrected chi connectivity index (χ3v) is 1.27. The summed E-state index contributed by atoms with van der Waals surface area (Å²) in [6.45, 7) is 4.83. The van der Waals surface area contributed by atoms with Gasteiger partial charge in [-0.25, -0.2) is 4.99 Å². The van der Waals surface area contributed by atoms with Crippen molar-refractivity contribution in [1.82, 2.24) is 0 Å². The van der Waals surface area contributed by atoms with Gasteiger partial charge in [-0.3, -0.25) is 0 Å². The second kappa shape index (κ2) is 3.37. The minimum atomic E-state index is 0.0954. The van der Waals surface area contributed by atoms with Crippen LogP contribution in [-0.2, 0) is 9.47 Å². The Morgan fingerprint density at radius 3 is 3.30 bits per heavy atom. The first-order valence-electron chi connectivity index (χ1n) is 3.19. The Bertz CT molecular complexity index is 154. The van der Waals surface area contributed by atoms with Gasteiger partial charge in [0.2, 0.25) is 5.90 Å². The molecule has 1 aliphatic heterocycles. The maximum absolute atomic E-state index is 5.26. The molecule has 3 heteroatoms. The second-order valence-electron chi connectivity index (χ2n) is 2.08. The molecule has 1 heterocycles. The van der Waals surface area contributed by atoms with Crippen molar-refractivity contribution in [3.05, 3.63) is 12.7 Å². The van der Waals surface area contributed by atoms with Crippen molar-refractivity contribution in [2.45, 2.75) is 6.10 Å². The van der Waals surface area contributed by atoms with Crippen LogP contribution in [-0.4, -0.2) is 32.3 Å². The van der Waals surface area contributed by atoms with E-state index >= 15 is 0 Å². The number of hydrogen-bond donors (Lipinski definition) is 0. The van der Waals surface area contributed by atoms with E-state index < -0.39 is 0 Å². The van der Waals surface area contributed by atoms with Crippen molar-refractivity contribution < 1.29 is 9.47 Å². The highest BCUT2D eigenvalue weighted by Gasteiger charge is 2.16. The lowest BCUT2D eigenvalue weighted by molar-refractivity contribution is 0.0921. The molecular weight excluding hydrogens is 130 g/mol. The largest absolute Gasteiger partial charge is 0.470 e. The molecule has 1 unspecified atom stereocenters. The summed E-state index contributed by atoms with van der Waals surface area (Å²) in [6, 6.07) is 0. The summed E-state index contributed by atoms with van der Waals surface area (Å²) in [5, 5.41) is 0. The van der Waals surface area contributed by atoms with Crippen LogP contribution in [0.2, 0.25) is 0 Å². The molecule has 0 aliphatic carbocycles. The number of ether oxygens (including phenoxy) is 2. The summed E-state index contributed by atoms with van der Waals surface area (Å²) >= 11 is 0. The van der Waals surface area contributed by atoms with Gasteiger partial charge in [-0.2, -0.15) is 0 Å². The van der Waals surface area contributed by atoms with Gasteiger partial charge in [-0.05, 0) is 6.08 Å². The fourth-order valence-corrected chi connectivity index (χ4v) is 0.822. The van der Waals surface area contributed by atoms with Gasteiger partial charge in [0.25, 0.3) is 0 Å². The van der Waals surface area contributed by atoms with Crippen LogP contribution in [0.3, 0.4) is 0 Å². The predicted octanol–water partition coefficient (Wildman–Crippen LogP) is 0.616. The summed E-state index contributed by atoms with van der Waals surface area (Å²) in [4.78, 5) is 4.05. The summed E-state index contributed by atoms with van der Waals surface area (Å²) in [7, 11) is 1.65. The quantitative estimate of drug-likeness (QED) is 0.576. The Morgan fingerprint density at radius 1 is 2.00 bits per heavy atom. The first-order chi connectivity index (χ1) is 4.86. The molecular formula is C7H11NO2. The van der Waals surface area contributed by atoms with Gasteiger partial charge in [-0.1, -0.05) is 6.58 Å². The fraction of sp³-hybridized carbons (Fsp3) is 0.571. The highest BCUT2D eigenvalue weighted by Crippen LogP contribution is 2.04. The van der Waals surface area contributed by atoms with Gasteiger partial charge in [0.1, 0.15) is 6.10 Å². The third kappa shape index (κ3) is 1.57. The van der Waals surface area contributed by atoms with Crippen LogP contribution in [0.5, 0.6) is 0 Å². The van der Waals surface area contributed by atoms with Crippen molar-refractivity contribution in [3.8, 4) is 0 Å². The fourth-order valence-electron chi connectivity index (χ4n) is 0.822. The normalized spacial score (nSPS) is 23.7. The average molecular weight is 141 g/mol. The molecule has 1 aliphatic rings. The average Bonchev–Trinajstić information content (AvgIpc) is 2.37. The first-order valence-corrected chi connectivity index (χ1v) is 3.19. The van der Waals surface area contributed by atoms with Gasteiger partial charge in [0.05, 0.1) is 13.2 Å². The third-order valence-electron chi connectivity index (χ3n) is 1.27. The zero-order valence-electron chi connectivity index (χ0n) is 6.04. The monoisotopic (exact) mass is 141 g/mol. The minimum Gasteiger partial charge on any atom is -0.470 e. The summed E-state index contributed by atoms with van der Waals surface area (Å²) in [5.74, 6) is 0.627. The van der Waals surface area contributed by atoms with Crippen molar-refractivity contribution in [3.63, 3.8) is 0 Å². The van der Waals surface area contributed by atoms with Crippen LogP contribution in [0.15, 0.2) is 17.6 Å². The lowest BCUT2D eigenvalue weighted by Gasteiger charge is -2.07. The summed E-state index contributed by atoms with van der Waals surface area (Å²) in [5.41, 5.74) is 0. The standard InChI is InChI=1S/C7H11NO2/c1-3-7-8-4-6(10-7)5-9-2/h3,6H,1,4-5H2,2H3.